The normalized spacial score (nSPS) is 11.8. The molecule has 2 nitrogen and oxygen atoms in total. The molecule has 3 aromatic carbocycles. The van der Waals surface area contributed by atoms with Crippen molar-refractivity contribution < 1.29 is 9.53 Å². The molecular weight excluding hydrogens is 260 g/mol. The summed E-state index contributed by atoms with van der Waals surface area (Å²) < 4.78 is 4.67. The van der Waals surface area contributed by atoms with Crippen LogP contribution in [0, 0.1) is 0 Å². The van der Waals surface area contributed by atoms with E-state index >= 15 is 0 Å². The van der Waals surface area contributed by atoms with Gasteiger partial charge in [0.2, 0.25) is 0 Å². The Kier molecular flexibility index (Phi) is 3.44. The number of allylic oxidation sites excluding steroid dienone is 1. The predicted octanol–water partition coefficient (Wildman–Crippen LogP) is 4.57. The van der Waals surface area contributed by atoms with Crippen LogP contribution >= 0.6 is 0 Å². The van der Waals surface area contributed by atoms with E-state index in [2.05, 4.69) is 41.1 Å². The Labute approximate surface area is 123 Å². The van der Waals surface area contributed by atoms with Crippen LogP contribution in [-0.2, 0) is 9.53 Å². The molecule has 2 heteroatoms. The largest absolute Gasteiger partial charge is 0.466 e. The Bertz CT molecular complexity index is 860. The molecule has 0 aliphatic heterocycles. The van der Waals surface area contributed by atoms with Crippen LogP contribution in [0.5, 0.6) is 0 Å². The molecule has 0 bridgehead atoms. The highest BCUT2D eigenvalue weighted by Crippen LogP contribution is 2.26. The lowest BCUT2D eigenvalue weighted by Crippen LogP contribution is -1.95. The first-order chi connectivity index (χ1) is 10.2. The second-order valence-corrected chi connectivity index (χ2v) is 5.11. The molecule has 0 fully saturated rings. The minimum absolute atomic E-state index is 0.328. The number of fused-ring (bicyclic) bond motifs is 2. The molecule has 104 valence electrons. The van der Waals surface area contributed by atoms with Crippen molar-refractivity contribution in [2.24, 2.45) is 0 Å². The van der Waals surface area contributed by atoms with Crippen molar-refractivity contribution in [1.82, 2.24) is 0 Å². The van der Waals surface area contributed by atoms with Crippen LogP contribution in [0.25, 0.3) is 27.1 Å². The van der Waals surface area contributed by atoms with Gasteiger partial charge in [0.1, 0.15) is 0 Å². The molecule has 0 heterocycles. The molecule has 3 aromatic rings. The summed E-state index contributed by atoms with van der Waals surface area (Å²) in [6, 6.07) is 18.9. The number of hydrogen-bond donors (Lipinski definition) is 0. The maximum atomic E-state index is 11.3. The zero-order chi connectivity index (χ0) is 14.8. The number of carbonyl (C=O) groups excluding carboxylic acids is 1. The summed E-state index contributed by atoms with van der Waals surface area (Å²) in [4.78, 5) is 11.3. The fourth-order valence-electron chi connectivity index (χ4n) is 2.50. The second kappa shape index (κ2) is 5.41. The molecule has 0 aliphatic rings. The lowest BCUT2D eigenvalue weighted by Gasteiger charge is -2.06. The van der Waals surface area contributed by atoms with E-state index in [-0.39, 0.29) is 5.97 Å². The third kappa shape index (κ3) is 2.65. The summed E-state index contributed by atoms with van der Waals surface area (Å²) in [5.41, 5.74) is 1.93. The fraction of sp³-hybridized carbons (Fsp3) is 0.105. The third-order valence-electron chi connectivity index (χ3n) is 3.70. The molecule has 0 saturated heterocycles. The molecule has 21 heavy (non-hydrogen) atoms. The van der Waals surface area contributed by atoms with E-state index in [9.17, 15) is 4.79 Å². The average Bonchev–Trinajstić information content (AvgIpc) is 2.52. The molecule has 0 saturated carbocycles. The van der Waals surface area contributed by atoms with Crippen molar-refractivity contribution in [2.45, 2.75) is 6.92 Å². The molecule has 0 aromatic heterocycles. The van der Waals surface area contributed by atoms with E-state index in [0.29, 0.717) is 0 Å². The number of methoxy groups -OCH3 is 1. The van der Waals surface area contributed by atoms with Gasteiger partial charge >= 0.3 is 5.97 Å². The molecule has 0 amide bonds. The molecule has 3 rings (SSSR count). The summed E-state index contributed by atoms with van der Waals surface area (Å²) in [5.74, 6) is -0.328. The molecular formula is C19H16O2. The Morgan fingerprint density at radius 3 is 2.19 bits per heavy atom. The molecule has 0 atom stereocenters. The average molecular weight is 276 g/mol. The lowest BCUT2D eigenvalue weighted by molar-refractivity contribution is -0.134. The van der Waals surface area contributed by atoms with Crippen LogP contribution in [0.15, 0.2) is 60.7 Å². The number of hydrogen-bond acceptors (Lipinski definition) is 2. The number of esters is 1. The van der Waals surface area contributed by atoms with Crippen molar-refractivity contribution in [3.8, 4) is 0 Å². The fourth-order valence-corrected chi connectivity index (χ4v) is 2.50. The highest BCUT2D eigenvalue weighted by atomic mass is 16.5. The number of ether oxygens (including phenoxy) is 1. The Morgan fingerprint density at radius 2 is 1.52 bits per heavy atom. The van der Waals surface area contributed by atoms with Crippen molar-refractivity contribution >= 4 is 33.1 Å². The number of benzene rings is 3. The summed E-state index contributed by atoms with van der Waals surface area (Å²) >= 11 is 0. The van der Waals surface area contributed by atoms with Crippen molar-refractivity contribution in [1.29, 1.82) is 0 Å². The standard InChI is InChI=1S/C19H16O2/c1-13(9-19(20)21-2)14-7-8-17-11-15-5-3-4-6-16(15)12-18(17)10-14/h3-12H,1-2H3/b13-9+. The van der Waals surface area contributed by atoms with Gasteiger partial charge in [0.15, 0.2) is 0 Å². The van der Waals surface area contributed by atoms with E-state index < -0.39 is 0 Å². The van der Waals surface area contributed by atoms with Gasteiger partial charge < -0.3 is 4.74 Å². The maximum Gasteiger partial charge on any atom is 0.330 e. The van der Waals surface area contributed by atoms with E-state index in [4.69, 9.17) is 0 Å². The lowest BCUT2D eigenvalue weighted by atomic mass is 9.99. The number of rotatable bonds is 2. The molecule has 0 unspecified atom stereocenters. The van der Waals surface area contributed by atoms with Crippen LogP contribution in [-0.4, -0.2) is 13.1 Å². The first-order valence-electron chi connectivity index (χ1n) is 6.86. The number of carbonyl (C=O) groups is 1. The van der Waals surface area contributed by atoms with Gasteiger partial charge in [-0.1, -0.05) is 36.4 Å². The van der Waals surface area contributed by atoms with E-state index in [1.807, 2.05) is 25.1 Å². The Hall–Kier alpha value is -2.61. The zero-order valence-corrected chi connectivity index (χ0v) is 12.1. The molecule has 0 aliphatic carbocycles. The van der Waals surface area contributed by atoms with Crippen LogP contribution in [0.4, 0.5) is 0 Å². The van der Waals surface area contributed by atoms with Crippen molar-refractivity contribution in [3.63, 3.8) is 0 Å². The molecule has 0 spiro atoms. The SMILES string of the molecule is COC(=O)/C=C(\C)c1ccc2cc3ccccc3cc2c1. The second-order valence-electron chi connectivity index (χ2n) is 5.11. The maximum absolute atomic E-state index is 11.3. The van der Waals surface area contributed by atoms with Gasteiger partial charge in [-0.2, -0.15) is 0 Å². The molecule has 0 N–H and O–H groups in total. The summed E-state index contributed by atoms with van der Waals surface area (Å²) in [6.07, 6.45) is 1.52. The summed E-state index contributed by atoms with van der Waals surface area (Å²) in [5, 5.41) is 4.82. The third-order valence-corrected chi connectivity index (χ3v) is 3.70. The van der Waals surface area contributed by atoms with E-state index in [1.54, 1.807) is 0 Å². The Morgan fingerprint density at radius 1 is 0.905 bits per heavy atom. The quantitative estimate of drug-likeness (QED) is 0.389. The summed E-state index contributed by atoms with van der Waals surface area (Å²) in [6.45, 7) is 1.92. The van der Waals surface area contributed by atoms with Crippen LogP contribution in [0.1, 0.15) is 12.5 Å². The summed E-state index contributed by atoms with van der Waals surface area (Å²) in [7, 11) is 1.39. The highest BCUT2D eigenvalue weighted by Gasteiger charge is 2.03. The minimum Gasteiger partial charge on any atom is -0.466 e. The predicted molar refractivity (Wildman–Crippen MR) is 87.1 cm³/mol. The Balaban J connectivity index is 2.13. The van der Waals surface area contributed by atoms with Gasteiger partial charge in [0.05, 0.1) is 7.11 Å². The van der Waals surface area contributed by atoms with Crippen molar-refractivity contribution in [3.05, 3.63) is 66.2 Å². The van der Waals surface area contributed by atoms with Gasteiger partial charge in [-0.05, 0) is 57.8 Å². The van der Waals surface area contributed by atoms with Gasteiger partial charge in [0, 0.05) is 6.08 Å². The highest BCUT2D eigenvalue weighted by molar-refractivity contribution is 6.00. The molecule has 0 radical (unpaired) electrons. The van der Waals surface area contributed by atoms with Gasteiger partial charge in [-0.15, -0.1) is 0 Å². The van der Waals surface area contributed by atoms with Gasteiger partial charge in [0.25, 0.3) is 0 Å². The van der Waals surface area contributed by atoms with Gasteiger partial charge in [-0.3, -0.25) is 0 Å². The van der Waals surface area contributed by atoms with Gasteiger partial charge in [-0.25, -0.2) is 4.79 Å². The smallest absolute Gasteiger partial charge is 0.330 e. The monoisotopic (exact) mass is 276 g/mol. The van der Waals surface area contributed by atoms with Crippen LogP contribution < -0.4 is 0 Å². The van der Waals surface area contributed by atoms with E-state index in [0.717, 1.165) is 11.1 Å². The minimum atomic E-state index is -0.328. The first kappa shape index (κ1) is 13.4. The van der Waals surface area contributed by atoms with Crippen LogP contribution in [0.3, 0.4) is 0 Å². The zero-order valence-electron chi connectivity index (χ0n) is 12.1. The topological polar surface area (TPSA) is 26.3 Å². The van der Waals surface area contributed by atoms with Crippen LogP contribution in [0.2, 0.25) is 0 Å². The van der Waals surface area contributed by atoms with E-state index in [1.165, 1.54) is 34.7 Å². The first-order valence-corrected chi connectivity index (χ1v) is 6.86. The van der Waals surface area contributed by atoms with Crippen molar-refractivity contribution in [2.75, 3.05) is 7.11 Å².